The van der Waals surface area contributed by atoms with Crippen molar-refractivity contribution in [2.24, 2.45) is 0 Å². The van der Waals surface area contributed by atoms with Gasteiger partial charge in [0.15, 0.2) is 5.82 Å². The van der Waals surface area contributed by atoms with Crippen LogP contribution in [0.4, 0.5) is 17.2 Å². The molecule has 0 bridgehead atoms. The second-order valence-electron chi connectivity index (χ2n) is 4.72. The number of hydrogen-bond donors (Lipinski definition) is 2. The van der Waals surface area contributed by atoms with Gasteiger partial charge in [0.1, 0.15) is 17.8 Å². The monoisotopic (exact) mass is 293 g/mol. The summed E-state index contributed by atoms with van der Waals surface area (Å²) in [6.07, 6.45) is 4.77. The van der Waals surface area contributed by atoms with E-state index in [9.17, 15) is 0 Å². The lowest BCUT2D eigenvalue weighted by Crippen LogP contribution is -2.03. The first kappa shape index (κ1) is 13.8. The number of nitrogens with zero attached hydrogens (tertiary/aromatic N) is 3. The fourth-order valence-electron chi connectivity index (χ4n) is 1.85. The second kappa shape index (κ2) is 6.09. The lowest BCUT2D eigenvalue weighted by atomic mass is 10.2. The van der Waals surface area contributed by atoms with E-state index in [0.717, 1.165) is 11.3 Å². The maximum Gasteiger partial charge on any atom is 0.248 e. The average Bonchev–Trinajstić information content (AvgIpc) is 2.54. The molecular weight excluding hydrogens is 278 g/mol. The summed E-state index contributed by atoms with van der Waals surface area (Å²) >= 11 is 0. The zero-order valence-corrected chi connectivity index (χ0v) is 12.0. The Morgan fingerprint density at radius 3 is 2.45 bits per heavy atom. The number of benzene rings is 1. The maximum absolute atomic E-state index is 6.08. The van der Waals surface area contributed by atoms with Crippen molar-refractivity contribution in [3.05, 3.63) is 60.7 Å². The molecule has 0 saturated carbocycles. The molecule has 6 heteroatoms. The Morgan fingerprint density at radius 2 is 1.73 bits per heavy atom. The topological polar surface area (TPSA) is 86.0 Å². The van der Waals surface area contributed by atoms with E-state index in [4.69, 9.17) is 10.5 Å². The summed E-state index contributed by atoms with van der Waals surface area (Å²) in [5.41, 5.74) is 8.42. The van der Waals surface area contributed by atoms with Gasteiger partial charge in [-0.1, -0.05) is 17.7 Å². The zero-order valence-electron chi connectivity index (χ0n) is 12.0. The van der Waals surface area contributed by atoms with Gasteiger partial charge in [-0.3, -0.25) is 4.98 Å². The van der Waals surface area contributed by atoms with Crippen LogP contribution in [-0.4, -0.2) is 15.0 Å². The summed E-state index contributed by atoms with van der Waals surface area (Å²) in [7, 11) is 0. The smallest absolute Gasteiger partial charge is 0.248 e. The van der Waals surface area contributed by atoms with E-state index in [-0.39, 0.29) is 0 Å². The molecule has 0 aliphatic carbocycles. The van der Waals surface area contributed by atoms with E-state index in [1.165, 1.54) is 6.33 Å². The van der Waals surface area contributed by atoms with Crippen molar-refractivity contribution in [3.8, 4) is 11.6 Å². The summed E-state index contributed by atoms with van der Waals surface area (Å²) in [5, 5.41) is 3.11. The normalized spacial score (nSPS) is 10.2. The second-order valence-corrected chi connectivity index (χ2v) is 4.72. The Balaban J connectivity index is 1.84. The van der Waals surface area contributed by atoms with Gasteiger partial charge in [0, 0.05) is 18.1 Å². The van der Waals surface area contributed by atoms with Crippen LogP contribution in [0.1, 0.15) is 5.56 Å². The van der Waals surface area contributed by atoms with Crippen molar-refractivity contribution in [3.63, 3.8) is 0 Å². The van der Waals surface area contributed by atoms with Gasteiger partial charge < -0.3 is 15.8 Å². The minimum absolute atomic E-state index is 0.315. The van der Waals surface area contributed by atoms with Crippen molar-refractivity contribution in [2.45, 2.75) is 6.92 Å². The van der Waals surface area contributed by atoms with Crippen LogP contribution in [-0.2, 0) is 0 Å². The highest BCUT2D eigenvalue weighted by Crippen LogP contribution is 2.30. The summed E-state index contributed by atoms with van der Waals surface area (Å²) in [4.78, 5) is 12.2. The van der Waals surface area contributed by atoms with E-state index >= 15 is 0 Å². The van der Waals surface area contributed by atoms with Crippen LogP contribution < -0.4 is 15.8 Å². The first-order chi connectivity index (χ1) is 10.7. The van der Waals surface area contributed by atoms with Crippen LogP contribution in [0.2, 0.25) is 0 Å². The minimum Gasteiger partial charge on any atom is -0.437 e. The van der Waals surface area contributed by atoms with Crippen LogP contribution in [0, 0.1) is 6.92 Å². The number of aromatic nitrogens is 3. The van der Waals surface area contributed by atoms with Crippen LogP contribution >= 0.6 is 0 Å². The standard InChI is InChI=1S/C16H15N5O/c1-11-2-4-13(5-3-11)22-16-14(17)15(19-10-20-16)21-12-6-8-18-9-7-12/h2-10H,17H2,1H3,(H,18,19,20,21). The predicted molar refractivity (Wildman–Crippen MR) is 85.2 cm³/mol. The zero-order chi connectivity index (χ0) is 15.4. The predicted octanol–water partition coefficient (Wildman–Crippen LogP) is 3.30. The van der Waals surface area contributed by atoms with Crippen molar-refractivity contribution in [2.75, 3.05) is 11.1 Å². The molecule has 0 aliphatic heterocycles. The number of nitrogen functional groups attached to an aromatic ring is 1. The molecule has 6 nitrogen and oxygen atoms in total. The van der Waals surface area contributed by atoms with Gasteiger partial charge in [-0.25, -0.2) is 4.98 Å². The van der Waals surface area contributed by atoms with E-state index in [2.05, 4.69) is 20.3 Å². The number of pyridine rings is 1. The first-order valence-electron chi connectivity index (χ1n) is 6.74. The van der Waals surface area contributed by atoms with Crippen molar-refractivity contribution in [1.29, 1.82) is 0 Å². The molecule has 0 unspecified atom stereocenters. The Hall–Kier alpha value is -3.15. The molecule has 0 spiro atoms. The fourth-order valence-corrected chi connectivity index (χ4v) is 1.85. The van der Waals surface area contributed by atoms with E-state index in [1.54, 1.807) is 12.4 Å². The number of nitrogens with one attached hydrogen (secondary N) is 1. The van der Waals surface area contributed by atoms with Crippen molar-refractivity contribution < 1.29 is 4.74 Å². The minimum atomic E-state index is 0.315. The fraction of sp³-hybridized carbons (Fsp3) is 0.0625. The Kier molecular flexibility index (Phi) is 3.82. The number of anilines is 3. The molecule has 0 aliphatic rings. The molecule has 3 N–H and O–H groups in total. The molecule has 22 heavy (non-hydrogen) atoms. The molecule has 2 aromatic heterocycles. The largest absolute Gasteiger partial charge is 0.437 e. The quantitative estimate of drug-likeness (QED) is 0.767. The highest BCUT2D eigenvalue weighted by atomic mass is 16.5. The third kappa shape index (κ3) is 3.12. The molecule has 2 heterocycles. The lowest BCUT2D eigenvalue weighted by Gasteiger charge is -2.11. The molecule has 0 atom stereocenters. The molecule has 0 fully saturated rings. The van der Waals surface area contributed by atoms with Crippen molar-refractivity contribution in [1.82, 2.24) is 15.0 Å². The SMILES string of the molecule is Cc1ccc(Oc2ncnc(Nc3ccncc3)c2N)cc1. The third-order valence-electron chi connectivity index (χ3n) is 3.03. The number of aryl methyl sites for hydroxylation is 1. The summed E-state index contributed by atoms with van der Waals surface area (Å²) in [6.45, 7) is 2.01. The van der Waals surface area contributed by atoms with Gasteiger partial charge in [0.05, 0.1) is 0 Å². The summed E-state index contributed by atoms with van der Waals surface area (Å²) in [6, 6.07) is 11.3. The van der Waals surface area contributed by atoms with Crippen LogP contribution in [0.3, 0.4) is 0 Å². The van der Waals surface area contributed by atoms with Gasteiger partial charge >= 0.3 is 0 Å². The van der Waals surface area contributed by atoms with Gasteiger partial charge in [0.25, 0.3) is 0 Å². The summed E-state index contributed by atoms with van der Waals surface area (Å²) in [5.74, 6) is 1.48. The highest BCUT2D eigenvalue weighted by Gasteiger charge is 2.10. The van der Waals surface area contributed by atoms with Crippen LogP contribution in [0.15, 0.2) is 55.1 Å². The first-order valence-corrected chi connectivity index (χ1v) is 6.74. The average molecular weight is 293 g/mol. The highest BCUT2D eigenvalue weighted by molar-refractivity contribution is 5.72. The molecular formula is C16H15N5O. The lowest BCUT2D eigenvalue weighted by molar-refractivity contribution is 0.464. The molecule has 0 radical (unpaired) electrons. The van der Waals surface area contributed by atoms with E-state index in [1.807, 2.05) is 43.3 Å². The van der Waals surface area contributed by atoms with Gasteiger partial charge in [-0.2, -0.15) is 4.98 Å². The van der Waals surface area contributed by atoms with Crippen LogP contribution in [0.25, 0.3) is 0 Å². The molecule has 0 saturated heterocycles. The van der Waals surface area contributed by atoms with Crippen LogP contribution in [0.5, 0.6) is 11.6 Å². The van der Waals surface area contributed by atoms with E-state index < -0.39 is 0 Å². The van der Waals surface area contributed by atoms with Gasteiger partial charge in [0.2, 0.25) is 5.88 Å². The number of rotatable bonds is 4. The molecule has 3 rings (SSSR count). The number of ether oxygens (including phenoxy) is 1. The number of nitrogens with two attached hydrogens (primary N) is 1. The molecule has 0 amide bonds. The Labute approximate surface area is 128 Å². The third-order valence-corrected chi connectivity index (χ3v) is 3.03. The molecule has 1 aromatic carbocycles. The Morgan fingerprint density at radius 1 is 1.00 bits per heavy atom. The maximum atomic E-state index is 6.08. The van der Waals surface area contributed by atoms with E-state index in [0.29, 0.717) is 23.1 Å². The van der Waals surface area contributed by atoms with Gasteiger partial charge in [-0.05, 0) is 31.2 Å². The Bertz CT molecular complexity index is 759. The van der Waals surface area contributed by atoms with Crippen molar-refractivity contribution >= 4 is 17.2 Å². The summed E-state index contributed by atoms with van der Waals surface area (Å²) < 4.78 is 5.71. The number of hydrogen-bond acceptors (Lipinski definition) is 6. The van der Waals surface area contributed by atoms with Gasteiger partial charge in [-0.15, -0.1) is 0 Å². The molecule has 3 aromatic rings. The molecule has 110 valence electrons.